The van der Waals surface area contributed by atoms with Crippen molar-refractivity contribution >= 4 is 11.8 Å². The van der Waals surface area contributed by atoms with Crippen LogP contribution in [0.1, 0.15) is 30.9 Å². The van der Waals surface area contributed by atoms with E-state index in [1.807, 2.05) is 13.0 Å². The van der Waals surface area contributed by atoms with Crippen molar-refractivity contribution in [3.63, 3.8) is 0 Å². The predicted octanol–water partition coefficient (Wildman–Crippen LogP) is 1.58. The summed E-state index contributed by atoms with van der Waals surface area (Å²) in [5, 5.41) is 2.86. The Hall–Kier alpha value is -1.95. The number of carbonyl (C=O) groups excluding carboxylic acids is 2. The summed E-state index contributed by atoms with van der Waals surface area (Å²) in [7, 11) is 0. The predicted molar refractivity (Wildman–Crippen MR) is 90.5 cm³/mol. The lowest BCUT2D eigenvalue weighted by atomic mass is 9.95. The molecule has 132 valence electrons. The minimum Gasteiger partial charge on any atom is -0.352 e. The number of carbonyl (C=O) groups is 2. The van der Waals surface area contributed by atoms with Crippen LogP contribution in [0.15, 0.2) is 18.2 Å². The van der Waals surface area contributed by atoms with E-state index >= 15 is 0 Å². The zero-order chi connectivity index (χ0) is 17.7. The maximum Gasteiger partial charge on any atom is 0.226 e. The third-order valence-electron chi connectivity index (χ3n) is 4.66. The maximum atomic E-state index is 13.5. The Balaban J connectivity index is 1.80. The van der Waals surface area contributed by atoms with E-state index in [4.69, 9.17) is 5.73 Å². The van der Waals surface area contributed by atoms with Crippen LogP contribution in [0.4, 0.5) is 4.39 Å². The molecule has 24 heavy (non-hydrogen) atoms. The van der Waals surface area contributed by atoms with E-state index in [9.17, 15) is 14.0 Å². The fourth-order valence-electron chi connectivity index (χ4n) is 2.85. The molecule has 1 unspecified atom stereocenters. The van der Waals surface area contributed by atoms with Gasteiger partial charge in [-0.3, -0.25) is 9.59 Å². The number of nitrogens with one attached hydrogen (secondary N) is 1. The van der Waals surface area contributed by atoms with Gasteiger partial charge in [0.15, 0.2) is 0 Å². The van der Waals surface area contributed by atoms with E-state index in [-0.39, 0.29) is 29.5 Å². The van der Waals surface area contributed by atoms with Gasteiger partial charge in [-0.05, 0) is 37.0 Å². The highest BCUT2D eigenvalue weighted by Gasteiger charge is 2.28. The Kier molecular flexibility index (Phi) is 6.31. The molecule has 1 fully saturated rings. The van der Waals surface area contributed by atoms with Crippen molar-refractivity contribution in [2.45, 2.75) is 33.2 Å². The van der Waals surface area contributed by atoms with Gasteiger partial charge < -0.3 is 16.0 Å². The number of halogens is 1. The lowest BCUT2D eigenvalue weighted by Crippen LogP contribution is -2.45. The summed E-state index contributed by atoms with van der Waals surface area (Å²) in [6.45, 7) is 5.35. The molecule has 1 aliphatic heterocycles. The topological polar surface area (TPSA) is 75.4 Å². The van der Waals surface area contributed by atoms with E-state index in [2.05, 4.69) is 5.32 Å². The number of piperidine rings is 1. The van der Waals surface area contributed by atoms with Gasteiger partial charge in [-0.1, -0.05) is 19.1 Å². The molecule has 2 amide bonds. The van der Waals surface area contributed by atoms with Crippen LogP contribution >= 0.6 is 0 Å². The van der Waals surface area contributed by atoms with Crippen molar-refractivity contribution in [2.24, 2.45) is 17.6 Å². The molecule has 1 aromatic carbocycles. The lowest BCUT2D eigenvalue weighted by molar-refractivity contribution is -0.138. The summed E-state index contributed by atoms with van der Waals surface area (Å²) in [4.78, 5) is 26.1. The van der Waals surface area contributed by atoms with Crippen LogP contribution in [0, 0.1) is 24.6 Å². The standard InChI is InChI=1S/C18H26FN3O2/c1-12-3-4-14(9-16(12)19)11-21-17(23)15-5-7-22(8-6-15)18(24)13(2)10-20/h3-4,9,13,15H,5-8,10-11,20H2,1-2H3,(H,21,23). The second-order valence-electron chi connectivity index (χ2n) is 6.54. The van der Waals surface area contributed by atoms with Crippen LogP contribution < -0.4 is 11.1 Å². The molecular formula is C18H26FN3O2. The molecule has 1 saturated heterocycles. The molecule has 0 aromatic heterocycles. The van der Waals surface area contributed by atoms with Gasteiger partial charge in [0.2, 0.25) is 11.8 Å². The molecule has 0 saturated carbocycles. The monoisotopic (exact) mass is 335 g/mol. The summed E-state index contributed by atoms with van der Waals surface area (Å²) in [6, 6.07) is 4.97. The van der Waals surface area contributed by atoms with Crippen LogP contribution in [-0.2, 0) is 16.1 Å². The molecule has 0 radical (unpaired) electrons. The smallest absolute Gasteiger partial charge is 0.226 e. The number of nitrogens with two attached hydrogens (primary N) is 1. The third-order valence-corrected chi connectivity index (χ3v) is 4.66. The molecule has 1 aliphatic rings. The highest BCUT2D eigenvalue weighted by atomic mass is 19.1. The molecule has 1 heterocycles. The van der Waals surface area contributed by atoms with Gasteiger partial charge in [0, 0.05) is 38.0 Å². The van der Waals surface area contributed by atoms with E-state index in [1.165, 1.54) is 6.07 Å². The maximum absolute atomic E-state index is 13.5. The third kappa shape index (κ3) is 4.54. The van der Waals surface area contributed by atoms with E-state index in [0.717, 1.165) is 5.56 Å². The quantitative estimate of drug-likeness (QED) is 0.858. The molecule has 1 atom stereocenters. The minimum atomic E-state index is -0.261. The molecule has 6 heteroatoms. The molecule has 0 bridgehead atoms. The molecule has 5 nitrogen and oxygen atoms in total. The number of benzene rings is 1. The summed E-state index contributed by atoms with van der Waals surface area (Å²) in [5.41, 5.74) is 6.87. The first kappa shape index (κ1) is 18.4. The molecule has 2 rings (SSSR count). The first-order chi connectivity index (χ1) is 11.4. The Morgan fingerprint density at radius 3 is 2.62 bits per heavy atom. The molecule has 0 spiro atoms. The van der Waals surface area contributed by atoms with Crippen LogP contribution in [0.2, 0.25) is 0 Å². The number of amides is 2. The summed E-state index contributed by atoms with van der Waals surface area (Å²) < 4.78 is 13.5. The van der Waals surface area contributed by atoms with Gasteiger partial charge in [0.25, 0.3) is 0 Å². The van der Waals surface area contributed by atoms with Crippen LogP contribution in [-0.4, -0.2) is 36.3 Å². The van der Waals surface area contributed by atoms with Gasteiger partial charge in [0.05, 0.1) is 0 Å². The second kappa shape index (κ2) is 8.24. The first-order valence-corrected chi connectivity index (χ1v) is 8.44. The van der Waals surface area contributed by atoms with Crippen molar-refractivity contribution < 1.29 is 14.0 Å². The Bertz CT molecular complexity index is 598. The minimum absolute atomic E-state index is 0.0324. The molecule has 1 aromatic rings. The van der Waals surface area contributed by atoms with Crippen molar-refractivity contribution in [2.75, 3.05) is 19.6 Å². The van der Waals surface area contributed by atoms with Crippen molar-refractivity contribution in [1.29, 1.82) is 0 Å². The van der Waals surface area contributed by atoms with E-state index in [0.29, 0.717) is 44.6 Å². The normalized spacial score (nSPS) is 16.8. The number of rotatable bonds is 5. The zero-order valence-electron chi connectivity index (χ0n) is 14.3. The van der Waals surface area contributed by atoms with Gasteiger partial charge in [0.1, 0.15) is 5.82 Å². The van der Waals surface area contributed by atoms with Crippen LogP contribution in [0.25, 0.3) is 0 Å². The van der Waals surface area contributed by atoms with Crippen LogP contribution in [0.3, 0.4) is 0 Å². The van der Waals surface area contributed by atoms with Gasteiger partial charge >= 0.3 is 0 Å². The number of hydrogen-bond donors (Lipinski definition) is 2. The lowest BCUT2D eigenvalue weighted by Gasteiger charge is -2.32. The van der Waals surface area contributed by atoms with Crippen molar-refractivity contribution in [1.82, 2.24) is 10.2 Å². The molecular weight excluding hydrogens is 309 g/mol. The van der Waals surface area contributed by atoms with Crippen LogP contribution in [0.5, 0.6) is 0 Å². The van der Waals surface area contributed by atoms with E-state index < -0.39 is 0 Å². The molecule has 0 aliphatic carbocycles. The summed E-state index contributed by atoms with van der Waals surface area (Å²) >= 11 is 0. The highest BCUT2D eigenvalue weighted by Crippen LogP contribution is 2.19. The SMILES string of the molecule is Cc1ccc(CNC(=O)C2CCN(C(=O)C(C)CN)CC2)cc1F. The Morgan fingerprint density at radius 2 is 2.04 bits per heavy atom. The van der Waals surface area contributed by atoms with Crippen molar-refractivity contribution in [3.05, 3.63) is 35.1 Å². The number of hydrogen-bond acceptors (Lipinski definition) is 3. The summed E-state index contributed by atoms with van der Waals surface area (Å²) in [6.07, 6.45) is 1.30. The highest BCUT2D eigenvalue weighted by molar-refractivity contribution is 5.81. The van der Waals surface area contributed by atoms with Gasteiger partial charge in [-0.15, -0.1) is 0 Å². The average molecular weight is 335 g/mol. The number of nitrogens with zero attached hydrogens (tertiary/aromatic N) is 1. The Labute approximate surface area is 142 Å². The Morgan fingerprint density at radius 1 is 1.38 bits per heavy atom. The largest absolute Gasteiger partial charge is 0.352 e. The van der Waals surface area contributed by atoms with Gasteiger partial charge in [-0.25, -0.2) is 4.39 Å². The zero-order valence-corrected chi connectivity index (χ0v) is 14.3. The first-order valence-electron chi connectivity index (χ1n) is 8.44. The number of likely N-dealkylation sites (tertiary alicyclic amines) is 1. The fourth-order valence-corrected chi connectivity index (χ4v) is 2.85. The molecule has 3 N–H and O–H groups in total. The van der Waals surface area contributed by atoms with E-state index in [1.54, 1.807) is 17.9 Å². The van der Waals surface area contributed by atoms with Crippen molar-refractivity contribution in [3.8, 4) is 0 Å². The second-order valence-corrected chi connectivity index (χ2v) is 6.54. The average Bonchev–Trinajstić information content (AvgIpc) is 2.61. The van der Waals surface area contributed by atoms with Gasteiger partial charge in [-0.2, -0.15) is 0 Å². The fraction of sp³-hybridized carbons (Fsp3) is 0.556. The summed E-state index contributed by atoms with van der Waals surface area (Å²) in [5.74, 6) is -0.506. The number of aryl methyl sites for hydroxylation is 1.